The number of anilines is 1. The summed E-state index contributed by atoms with van der Waals surface area (Å²) in [5.41, 5.74) is 1.32. The van der Waals surface area contributed by atoms with Crippen LogP contribution in [-0.2, 0) is 4.79 Å². The van der Waals surface area contributed by atoms with Crippen LogP contribution in [0.1, 0.15) is 43.0 Å². The van der Waals surface area contributed by atoms with E-state index in [1.807, 2.05) is 17.0 Å². The van der Waals surface area contributed by atoms with E-state index in [1.54, 1.807) is 12.1 Å². The molecule has 0 spiro atoms. The molecular weight excluding hydrogens is 330 g/mol. The molecule has 6 heteroatoms. The third-order valence-electron chi connectivity index (χ3n) is 5.65. The molecule has 2 fully saturated rings. The highest BCUT2D eigenvalue weighted by Crippen LogP contribution is 2.19. The van der Waals surface area contributed by atoms with Gasteiger partial charge >= 0.3 is 5.97 Å². The highest BCUT2D eigenvalue weighted by atomic mass is 16.4. The van der Waals surface area contributed by atoms with Gasteiger partial charge in [0.1, 0.15) is 0 Å². The maximum Gasteiger partial charge on any atom is 0.335 e. The molecule has 0 aliphatic carbocycles. The van der Waals surface area contributed by atoms with Gasteiger partial charge in [-0.25, -0.2) is 4.79 Å². The number of carboxylic acids is 1. The van der Waals surface area contributed by atoms with E-state index >= 15 is 0 Å². The van der Waals surface area contributed by atoms with Crippen molar-refractivity contribution in [1.82, 2.24) is 9.80 Å². The molecule has 2 saturated heterocycles. The number of hydrogen-bond donors (Lipinski definition) is 1. The molecule has 2 aliphatic heterocycles. The van der Waals surface area contributed by atoms with Gasteiger partial charge in [0.15, 0.2) is 0 Å². The molecule has 26 heavy (non-hydrogen) atoms. The molecule has 0 aromatic heterocycles. The Labute approximate surface area is 155 Å². The number of likely N-dealkylation sites (tertiary alicyclic amines) is 1. The quantitative estimate of drug-likeness (QED) is 0.844. The smallest absolute Gasteiger partial charge is 0.335 e. The fourth-order valence-corrected chi connectivity index (χ4v) is 3.88. The molecule has 2 aliphatic rings. The number of nitrogens with zero attached hydrogens (tertiary/aromatic N) is 3. The number of benzene rings is 1. The van der Waals surface area contributed by atoms with Gasteiger partial charge in [0.05, 0.1) is 5.56 Å². The number of rotatable bonds is 6. The third kappa shape index (κ3) is 4.55. The number of carboxylic acid groups (broad SMARTS) is 1. The van der Waals surface area contributed by atoms with E-state index in [1.165, 1.54) is 25.9 Å². The first-order valence-electron chi connectivity index (χ1n) is 9.65. The van der Waals surface area contributed by atoms with Crippen molar-refractivity contribution in [3.63, 3.8) is 0 Å². The Balaban J connectivity index is 1.43. The summed E-state index contributed by atoms with van der Waals surface area (Å²) >= 11 is 0. The molecule has 1 N–H and O–H groups in total. The van der Waals surface area contributed by atoms with Crippen LogP contribution in [0.15, 0.2) is 24.3 Å². The number of aromatic carboxylic acids is 1. The lowest BCUT2D eigenvalue weighted by atomic mass is 10.1. The lowest BCUT2D eigenvalue weighted by Crippen LogP contribution is -2.49. The van der Waals surface area contributed by atoms with E-state index in [9.17, 15) is 9.59 Å². The Hall–Kier alpha value is -2.08. The number of hydrogen-bond acceptors (Lipinski definition) is 4. The molecule has 2 heterocycles. The molecule has 1 aromatic rings. The van der Waals surface area contributed by atoms with Gasteiger partial charge in [0.2, 0.25) is 5.91 Å². The average molecular weight is 359 g/mol. The maximum atomic E-state index is 12.5. The van der Waals surface area contributed by atoms with Crippen molar-refractivity contribution >= 4 is 17.6 Å². The minimum atomic E-state index is -0.907. The van der Waals surface area contributed by atoms with Crippen LogP contribution in [0.2, 0.25) is 0 Å². The van der Waals surface area contributed by atoms with Gasteiger partial charge in [0, 0.05) is 44.3 Å². The van der Waals surface area contributed by atoms with Gasteiger partial charge in [-0.3, -0.25) is 4.79 Å². The lowest BCUT2D eigenvalue weighted by molar-refractivity contribution is -0.131. The first-order chi connectivity index (χ1) is 12.5. The molecule has 0 radical (unpaired) electrons. The molecule has 6 nitrogen and oxygen atoms in total. The summed E-state index contributed by atoms with van der Waals surface area (Å²) < 4.78 is 0. The third-order valence-corrected chi connectivity index (χ3v) is 5.65. The van der Waals surface area contributed by atoms with Gasteiger partial charge in [-0.05, 0) is 63.5 Å². The van der Waals surface area contributed by atoms with Crippen molar-refractivity contribution in [2.45, 2.75) is 38.6 Å². The van der Waals surface area contributed by atoms with Crippen molar-refractivity contribution in [2.24, 2.45) is 0 Å². The van der Waals surface area contributed by atoms with Crippen LogP contribution < -0.4 is 4.90 Å². The lowest BCUT2D eigenvalue weighted by Gasteiger charge is -2.36. The summed E-state index contributed by atoms with van der Waals surface area (Å²) in [6.07, 6.45) is 4.14. The van der Waals surface area contributed by atoms with Crippen molar-refractivity contribution in [2.75, 3.05) is 44.2 Å². The van der Waals surface area contributed by atoms with Crippen LogP contribution >= 0.6 is 0 Å². The van der Waals surface area contributed by atoms with E-state index in [4.69, 9.17) is 5.11 Å². The van der Waals surface area contributed by atoms with E-state index in [-0.39, 0.29) is 5.91 Å². The molecule has 1 aromatic carbocycles. The average Bonchev–Trinajstić information content (AvgIpc) is 3.21. The number of piperazine rings is 1. The highest BCUT2D eigenvalue weighted by Gasteiger charge is 2.23. The Morgan fingerprint density at radius 1 is 1.00 bits per heavy atom. The van der Waals surface area contributed by atoms with Crippen LogP contribution in [0.5, 0.6) is 0 Å². The molecule has 3 rings (SSSR count). The zero-order valence-corrected chi connectivity index (χ0v) is 15.6. The van der Waals surface area contributed by atoms with E-state index < -0.39 is 5.97 Å². The van der Waals surface area contributed by atoms with Crippen molar-refractivity contribution < 1.29 is 14.7 Å². The Morgan fingerprint density at radius 3 is 2.19 bits per heavy atom. The first kappa shape index (κ1) is 18.7. The first-order valence-corrected chi connectivity index (χ1v) is 9.65. The summed E-state index contributed by atoms with van der Waals surface area (Å²) in [5.74, 6) is -0.646. The van der Waals surface area contributed by atoms with E-state index in [0.717, 1.165) is 38.3 Å². The summed E-state index contributed by atoms with van der Waals surface area (Å²) in [7, 11) is 0. The minimum absolute atomic E-state index is 0.261. The Bertz CT molecular complexity index is 618. The van der Waals surface area contributed by atoms with Crippen LogP contribution in [0.4, 0.5) is 5.69 Å². The highest BCUT2D eigenvalue weighted by molar-refractivity contribution is 5.88. The standard InChI is InChI=1S/C20H29N3O3/c1-16(21-10-2-3-11-21)4-9-19(24)23-14-12-22(13-15-23)18-7-5-17(6-8-18)20(25)26/h5-8,16H,2-4,9-15H2,1H3,(H,25,26). The van der Waals surface area contributed by atoms with Crippen molar-refractivity contribution in [3.05, 3.63) is 29.8 Å². The van der Waals surface area contributed by atoms with Crippen LogP contribution in [0.25, 0.3) is 0 Å². The largest absolute Gasteiger partial charge is 0.478 e. The van der Waals surface area contributed by atoms with E-state index in [0.29, 0.717) is 18.0 Å². The topological polar surface area (TPSA) is 64.1 Å². The van der Waals surface area contributed by atoms with Gasteiger partial charge in [-0.15, -0.1) is 0 Å². The molecule has 1 amide bonds. The monoisotopic (exact) mass is 359 g/mol. The molecule has 1 atom stereocenters. The Morgan fingerprint density at radius 2 is 1.62 bits per heavy atom. The fourth-order valence-electron chi connectivity index (χ4n) is 3.88. The van der Waals surface area contributed by atoms with Crippen LogP contribution in [0.3, 0.4) is 0 Å². The SMILES string of the molecule is CC(CCC(=O)N1CCN(c2ccc(C(=O)O)cc2)CC1)N1CCCC1. The Kier molecular flexibility index (Phi) is 6.14. The number of amides is 1. The molecule has 0 bridgehead atoms. The maximum absolute atomic E-state index is 12.5. The predicted molar refractivity (Wildman–Crippen MR) is 102 cm³/mol. The number of carbonyl (C=O) groups is 2. The fraction of sp³-hybridized carbons (Fsp3) is 0.600. The van der Waals surface area contributed by atoms with E-state index in [2.05, 4.69) is 16.7 Å². The van der Waals surface area contributed by atoms with Crippen LogP contribution in [0, 0.1) is 0 Å². The van der Waals surface area contributed by atoms with Gasteiger partial charge in [-0.1, -0.05) is 0 Å². The molecule has 0 saturated carbocycles. The second-order valence-electron chi connectivity index (χ2n) is 7.35. The predicted octanol–water partition coefficient (Wildman–Crippen LogP) is 2.30. The van der Waals surface area contributed by atoms with Crippen LogP contribution in [-0.4, -0.2) is 72.1 Å². The summed E-state index contributed by atoms with van der Waals surface area (Å²) in [4.78, 5) is 30.1. The number of carbonyl (C=O) groups excluding carboxylic acids is 1. The van der Waals surface area contributed by atoms with Crippen molar-refractivity contribution in [1.29, 1.82) is 0 Å². The molecule has 142 valence electrons. The minimum Gasteiger partial charge on any atom is -0.478 e. The van der Waals surface area contributed by atoms with Crippen molar-refractivity contribution in [3.8, 4) is 0 Å². The van der Waals surface area contributed by atoms with Gasteiger partial charge in [0.25, 0.3) is 0 Å². The normalized spacial score (nSPS) is 19.6. The summed E-state index contributed by atoms with van der Waals surface area (Å²) in [6.45, 7) is 7.63. The molecular formula is C20H29N3O3. The zero-order chi connectivity index (χ0) is 18.5. The second-order valence-corrected chi connectivity index (χ2v) is 7.35. The summed E-state index contributed by atoms with van der Waals surface area (Å²) in [5, 5.41) is 8.98. The van der Waals surface area contributed by atoms with Gasteiger partial charge in [-0.2, -0.15) is 0 Å². The zero-order valence-electron chi connectivity index (χ0n) is 15.6. The summed E-state index contributed by atoms with van der Waals surface area (Å²) in [6, 6.07) is 7.46. The van der Waals surface area contributed by atoms with Gasteiger partial charge < -0.3 is 19.8 Å². The second kappa shape index (κ2) is 8.54. The molecule has 1 unspecified atom stereocenters.